The van der Waals surface area contributed by atoms with E-state index in [-0.39, 0.29) is 28.7 Å². The van der Waals surface area contributed by atoms with Gasteiger partial charge < -0.3 is 15.5 Å². The fourth-order valence-electron chi connectivity index (χ4n) is 4.17. The molecule has 0 radical (unpaired) electrons. The number of sulfone groups is 1. The van der Waals surface area contributed by atoms with Gasteiger partial charge in [0, 0.05) is 23.0 Å². The third-order valence-electron chi connectivity index (χ3n) is 6.01. The molecule has 2 saturated heterocycles. The molecule has 1 aromatic carbocycles. The molecule has 1 amide bonds. The van der Waals surface area contributed by atoms with Gasteiger partial charge in [-0.2, -0.15) is 0 Å². The summed E-state index contributed by atoms with van der Waals surface area (Å²) < 4.78 is 23.4. The Morgan fingerprint density at radius 1 is 1.27 bits per heavy atom. The quantitative estimate of drug-likeness (QED) is 0.646. The van der Waals surface area contributed by atoms with Crippen LogP contribution in [-0.4, -0.2) is 73.4 Å². The summed E-state index contributed by atoms with van der Waals surface area (Å²) in [5.74, 6) is 1.09. The van der Waals surface area contributed by atoms with Crippen molar-refractivity contribution >= 4 is 38.4 Å². The van der Waals surface area contributed by atoms with Gasteiger partial charge in [0.05, 0.1) is 17.5 Å². The van der Waals surface area contributed by atoms with Crippen molar-refractivity contribution in [3.63, 3.8) is 0 Å². The number of nitrogens with zero attached hydrogens (tertiary/aromatic N) is 2. The molecule has 0 saturated carbocycles. The molecule has 0 aromatic heterocycles. The number of amidine groups is 1. The molecule has 7 nitrogen and oxygen atoms in total. The number of likely N-dealkylation sites (tertiary alicyclic amines) is 1. The number of fused-ring (bicyclic) bond motifs is 1. The Hall–Kier alpha value is -1.58. The number of thioether (sulfide) groups is 1. The molecule has 30 heavy (non-hydrogen) atoms. The minimum absolute atomic E-state index is 0.00657. The third kappa shape index (κ3) is 5.56. The smallest absolute Gasteiger partial charge is 0.251 e. The lowest BCUT2D eigenvalue weighted by molar-refractivity contribution is 0.0950. The number of anilines is 1. The van der Waals surface area contributed by atoms with Crippen molar-refractivity contribution in [2.24, 2.45) is 10.9 Å². The van der Waals surface area contributed by atoms with Gasteiger partial charge in [-0.25, -0.2) is 8.42 Å². The van der Waals surface area contributed by atoms with Crippen LogP contribution >= 0.6 is 11.8 Å². The fraction of sp³-hybridized carbons (Fsp3) is 0.619. The Kier molecular flexibility index (Phi) is 6.69. The Balaban J connectivity index is 1.24. The van der Waals surface area contributed by atoms with Gasteiger partial charge in [0.1, 0.15) is 0 Å². The highest BCUT2D eigenvalue weighted by atomic mass is 32.2. The molecule has 1 aromatic rings. The van der Waals surface area contributed by atoms with Crippen LogP contribution in [-0.2, 0) is 9.84 Å². The first kappa shape index (κ1) is 21.6. The highest BCUT2D eigenvalue weighted by Crippen LogP contribution is 2.34. The second-order valence-electron chi connectivity index (χ2n) is 8.57. The van der Waals surface area contributed by atoms with Crippen molar-refractivity contribution in [3.8, 4) is 0 Å². The Bertz CT molecular complexity index is 911. The molecule has 2 atom stereocenters. The van der Waals surface area contributed by atoms with Crippen LogP contribution < -0.4 is 10.6 Å². The average Bonchev–Trinajstić information content (AvgIpc) is 3.19. The first-order chi connectivity index (χ1) is 14.4. The van der Waals surface area contributed by atoms with Gasteiger partial charge in [-0.05, 0) is 63.0 Å². The van der Waals surface area contributed by atoms with Crippen molar-refractivity contribution in [3.05, 3.63) is 29.8 Å². The molecule has 2 N–H and O–H groups in total. The number of carbonyl (C=O) groups is 1. The van der Waals surface area contributed by atoms with Crippen molar-refractivity contribution in [2.75, 3.05) is 43.0 Å². The van der Waals surface area contributed by atoms with Gasteiger partial charge in [-0.1, -0.05) is 24.8 Å². The van der Waals surface area contributed by atoms with Crippen LogP contribution in [0.25, 0.3) is 0 Å². The first-order valence-electron chi connectivity index (χ1n) is 10.7. The van der Waals surface area contributed by atoms with Crippen LogP contribution in [0.3, 0.4) is 0 Å². The first-order valence-corrected chi connectivity index (χ1v) is 13.4. The number of amides is 1. The number of nitrogens with one attached hydrogen (secondary N) is 2. The molecule has 0 spiro atoms. The summed E-state index contributed by atoms with van der Waals surface area (Å²) in [5, 5.41) is 6.99. The van der Waals surface area contributed by atoms with E-state index in [1.165, 1.54) is 37.7 Å². The van der Waals surface area contributed by atoms with Crippen LogP contribution in [0.15, 0.2) is 29.3 Å². The summed E-state index contributed by atoms with van der Waals surface area (Å²) in [5.41, 5.74) is 1.40. The SMILES string of the molecule is CC1CCN(CCCNC(=O)c2cccc(NC3=N[C@H]4CS(=O)(=O)C[C@@H]4S3)c2)CC1. The monoisotopic (exact) mass is 450 g/mol. The number of hydrogen-bond acceptors (Lipinski definition) is 7. The van der Waals surface area contributed by atoms with E-state index in [4.69, 9.17) is 0 Å². The fourth-order valence-corrected chi connectivity index (χ4v) is 7.85. The molecular formula is C21H30N4O3S2. The highest BCUT2D eigenvalue weighted by molar-refractivity contribution is 8.15. The summed E-state index contributed by atoms with van der Waals surface area (Å²) in [6.07, 6.45) is 3.50. The number of aliphatic imine (C=N–C) groups is 1. The second-order valence-corrected chi connectivity index (χ2v) is 12.0. The topological polar surface area (TPSA) is 90.9 Å². The zero-order chi connectivity index (χ0) is 21.1. The predicted octanol–water partition coefficient (Wildman–Crippen LogP) is 2.22. The van der Waals surface area contributed by atoms with Gasteiger partial charge in [0.15, 0.2) is 15.0 Å². The van der Waals surface area contributed by atoms with Crippen molar-refractivity contribution < 1.29 is 13.2 Å². The predicted molar refractivity (Wildman–Crippen MR) is 123 cm³/mol. The van der Waals surface area contributed by atoms with E-state index in [0.29, 0.717) is 12.1 Å². The van der Waals surface area contributed by atoms with Crippen LogP contribution in [0, 0.1) is 5.92 Å². The van der Waals surface area contributed by atoms with Gasteiger partial charge in [0.2, 0.25) is 0 Å². The van der Waals surface area contributed by atoms with E-state index in [1.807, 2.05) is 18.2 Å². The molecule has 4 rings (SSSR count). The molecule has 3 heterocycles. The second kappa shape index (κ2) is 9.28. The standard InChI is InChI=1S/C21H30N4O3S2/c1-15-6-10-25(11-7-15)9-3-8-22-20(26)16-4-2-5-17(12-16)23-21-24-18-13-30(27,28)14-19(18)29-21/h2,4-5,12,15,18-19H,3,6-11,13-14H2,1H3,(H,22,26)(H,23,24)/t18-,19-/m0/s1. The van der Waals surface area contributed by atoms with Gasteiger partial charge in [0.25, 0.3) is 5.91 Å². The number of rotatable bonds is 6. The van der Waals surface area contributed by atoms with E-state index in [9.17, 15) is 13.2 Å². The van der Waals surface area contributed by atoms with E-state index in [0.717, 1.165) is 29.7 Å². The Morgan fingerprint density at radius 3 is 2.83 bits per heavy atom. The normalized spacial score (nSPS) is 26.2. The van der Waals surface area contributed by atoms with Crippen LogP contribution in [0.5, 0.6) is 0 Å². The third-order valence-corrected chi connectivity index (χ3v) is 9.15. The van der Waals surface area contributed by atoms with E-state index >= 15 is 0 Å². The maximum absolute atomic E-state index is 12.5. The molecule has 2 fully saturated rings. The summed E-state index contributed by atoms with van der Waals surface area (Å²) in [4.78, 5) is 19.5. The summed E-state index contributed by atoms with van der Waals surface area (Å²) in [6, 6.07) is 7.20. The molecule has 0 aliphatic carbocycles. The Labute approximate surface area is 183 Å². The van der Waals surface area contributed by atoms with E-state index in [1.54, 1.807) is 6.07 Å². The van der Waals surface area contributed by atoms with Crippen molar-refractivity contribution in [1.82, 2.24) is 10.2 Å². The maximum atomic E-state index is 12.5. The number of carbonyl (C=O) groups excluding carboxylic acids is 1. The lowest BCUT2D eigenvalue weighted by Crippen LogP contribution is -2.35. The zero-order valence-corrected chi connectivity index (χ0v) is 19.0. The summed E-state index contributed by atoms with van der Waals surface area (Å²) >= 11 is 1.48. The van der Waals surface area contributed by atoms with Gasteiger partial charge in [-0.3, -0.25) is 9.79 Å². The number of hydrogen-bond donors (Lipinski definition) is 2. The molecular weight excluding hydrogens is 420 g/mol. The van der Waals surface area contributed by atoms with Gasteiger partial charge >= 0.3 is 0 Å². The minimum Gasteiger partial charge on any atom is -0.352 e. The van der Waals surface area contributed by atoms with Crippen molar-refractivity contribution in [1.29, 1.82) is 0 Å². The summed E-state index contributed by atoms with van der Waals surface area (Å²) in [6.45, 7) is 6.35. The van der Waals surface area contributed by atoms with Gasteiger partial charge in [-0.15, -0.1) is 0 Å². The van der Waals surface area contributed by atoms with E-state index < -0.39 is 9.84 Å². The van der Waals surface area contributed by atoms with E-state index in [2.05, 4.69) is 27.4 Å². The van der Waals surface area contributed by atoms with Crippen molar-refractivity contribution in [2.45, 2.75) is 37.5 Å². The molecule has 3 aliphatic heterocycles. The maximum Gasteiger partial charge on any atom is 0.251 e. The molecule has 3 aliphatic rings. The lowest BCUT2D eigenvalue weighted by atomic mass is 9.99. The molecule has 164 valence electrons. The largest absolute Gasteiger partial charge is 0.352 e. The van der Waals surface area contributed by atoms with Crippen LogP contribution in [0.1, 0.15) is 36.5 Å². The molecule has 9 heteroatoms. The summed E-state index contributed by atoms with van der Waals surface area (Å²) in [7, 11) is -2.95. The zero-order valence-electron chi connectivity index (χ0n) is 17.3. The number of piperidine rings is 1. The lowest BCUT2D eigenvalue weighted by Gasteiger charge is -2.30. The van der Waals surface area contributed by atoms with Crippen LogP contribution in [0.2, 0.25) is 0 Å². The molecule has 0 bridgehead atoms. The average molecular weight is 451 g/mol. The minimum atomic E-state index is -2.95. The van der Waals surface area contributed by atoms with Crippen LogP contribution in [0.4, 0.5) is 5.69 Å². The number of benzene rings is 1. The highest BCUT2D eigenvalue weighted by Gasteiger charge is 2.42. The Morgan fingerprint density at radius 2 is 2.07 bits per heavy atom. The molecule has 0 unspecified atom stereocenters.